The fourth-order valence-electron chi connectivity index (χ4n) is 1.48. The van der Waals surface area contributed by atoms with Crippen molar-refractivity contribution in [2.45, 2.75) is 9.79 Å². The van der Waals surface area contributed by atoms with Gasteiger partial charge in [0, 0.05) is 9.79 Å². The molecule has 16 heavy (non-hydrogen) atoms. The van der Waals surface area contributed by atoms with E-state index in [1.807, 2.05) is 36.4 Å². The summed E-state index contributed by atoms with van der Waals surface area (Å²) in [6.45, 7) is 0. The molecule has 3 nitrogen and oxygen atoms in total. The van der Waals surface area contributed by atoms with Crippen molar-refractivity contribution in [3.05, 3.63) is 48.5 Å². The Bertz CT molecular complexity index is 606. The first kappa shape index (κ1) is 9.42. The van der Waals surface area contributed by atoms with Crippen LogP contribution in [0.25, 0.3) is 11.0 Å². The molecule has 0 saturated heterocycles. The lowest BCUT2D eigenvalue weighted by molar-refractivity contribution is 0.315. The van der Waals surface area contributed by atoms with Gasteiger partial charge in [-0.1, -0.05) is 36.0 Å². The third-order valence-electron chi connectivity index (χ3n) is 2.22. The van der Waals surface area contributed by atoms with Crippen LogP contribution in [-0.4, -0.2) is 10.3 Å². The number of fused-ring (bicyclic) bond motifs is 1. The highest BCUT2D eigenvalue weighted by Gasteiger charge is 2.06. The Labute approximate surface area is 96.4 Å². The Morgan fingerprint density at radius 1 is 0.875 bits per heavy atom. The summed E-state index contributed by atoms with van der Waals surface area (Å²) in [7, 11) is 0. The van der Waals surface area contributed by atoms with Gasteiger partial charge in [0.2, 0.25) is 0 Å². The van der Waals surface area contributed by atoms with Crippen LogP contribution in [0.3, 0.4) is 0 Å². The van der Waals surface area contributed by atoms with Crippen molar-refractivity contribution in [2.24, 2.45) is 0 Å². The first-order valence-electron chi connectivity index (χ1n) is 4.88. The van der Waals surface area contributed by atoms with Crippen LogP contribution >= 0.6 is 11.8 Å². The van der Waals surface area contributed by atoms with Gasteiger partial charge in [-0.2, -0.15) is 0 Å². The SMILES string of the molecule is c1ccc(Sc2cccc3nonc23)cc1. The molecular formula is C12H8N2OS. The van der Waals surface area contributed by atoms with Crippen LogP contribution in [0.4, 0.5) is 0 Å². The lowest BCUT2D eigenvalue weighted by atomic mass is 10.3. The van der Waals surface area contributed by atoms with Crippen molar-refractivity contribution >= 4 is 22.8 Å². The standard InChI is InChI=1S/C12H8N2OS/c1-2-5-9(6-3-1)16-11-8-4-7-10-12(11)14-15-13-10/h1-8H. The van der Waals surface area contributed by atoms with E-state index in [2.05, 4.69) is 22.4 Å². The second kappa shape index (κ2) is 3.98. The summed E-state index contributed by atoms with van der Waals surface area (Å²) in [5.41, 5.74) is 1.61. The van der Waals surface area contributed by atoms with Crippen LogP contribution in [0.15, 0.2) is 63.0 Å². The van der Waals surface area contributed by atoms with Gasteiger partial charge in [0.1, 0.15) is 11.0 Å². The van der Waals surface area contributed by atoms with E-state index >= 15 is 0 Å². The third-order valence-corrected chi connectivity index (χ3v) is 3.28. The number of rotatable bonds is 2. The minimum absolute atomic E-state index is 0.793. The summed E-state index contributed by atoms with van der Waals surface area (Å²) in [5, 5.41) is 7.73. The molecule has 0 atom stereocenters. The zero-order valence-electron chi connectivity index (χ0n) is 8.33. The molecule has 0 bridgehead atoms. The average Bonchev–Trinajstić information content (AvgIpc) is 2.80. The number of benzene rings is 2. The molecule has 0 radical (unpaired) electrons. The summed E-state index contributed by atoms with van der Waals surface area (Å²) < 4.78 is 4.73. The highest BCUT2D eigenvalue weighted by Crippen LogP contribution is 2.31. The van der Waals surface area contributed by atoms with Crippen molar-refractivity contribution in [3.63, 3.8) is 0 Å². The van der Waals surface area contributed by atoms with Crippen LogP contribution < -0.4 is 0 Å². The molecule has 4 heteroatoms. The van der Waals surface area contributed by atoms with Gasteiger partial charge < -0.3 is 0 Å². The maximum atomic E-state index is 4.73. The number of aromatic nitrogens is 2. The van der Waals surface area contributed by atoms with E-state index in [1.54, 1.807) is 11.8 Å². The molecule has 3 rings (SSSR count). The maximum Gasteiger partial charge on any atom is 0.149 e. The molecule has 0 amide bonds. The minimum atomic E-state index is 0.793. The molecule has 0 aliphatic carbocycles. The number of hydrogen-bond donors (Lipinski definition) is 0. The quantitative estimate of drug-likeness (QED) is 0.674. The highest BCUT2D eigenvalue weighted by molar-refractivity contribution is 7.99. The Morgan fingerprint density at radius 3 is 2.62 bits per heavy atom. The summed E-state index contributed by atoms with van der Waals surface area (Å²) in [6, 6.07) is 16.0. The van der Waals surface area contributed by atoms with Gasteiger partial charge in [-0.15, -0.1) is 0 Å². The van der Waals surface area contributed by atoms with Crippen molar-refractivity contribution in [3.8, 4) is 0 Å². The molecule has 3 aromatic rings. The largest absolute Gasteiger partial charge is 0.243 e. The molecular weight excluding hydrogens is 220 g/mol. The molecule has 0 fully saturated rings. The first-order valence-corrected chi connectivity index (χ1v) is 5.69. The van der Waals surface area contributed by atoms with Crippen LogP contribution in [-0.2, 0) is 0 Å². The second-order valence-corrected chi connectivity index (χ2v) is 4.42. The Balaban J connectivity index is 2.04. The Kier molecular flexibility index (Phi) is 2.34. The van der Waals surface area contributed by atoms with E-state index in [0.29, 0.717) is 0 Å². The molecule has 0 aliphatic heterocycles. The zero-order chi connectivity index (χ0) is 10.8. The normalized spacial score (nSPS) is 10.8. The summed E-state index contributed by atoms with van der Waals surface area (Å²) in [4.78, 5) is 2.24. The van der Waals surface area contributed by atoms with Crippen molar-refractivity contribution in [1.82, 2.24) is 10.3 Å². The summed E-state index contributed by atoms with van der Waals surface area (Å²) in [5.74, 6) is 0. The summed E-state index contributed by atoms with van der Waals surface area (Å²) >= 11 is 1.66. The predicted molar refractivity (Wildman–Crippen MR) is 62.4 cm³/mol. The molecule has 1 aromatic heterocycles. The molecule has 2 aromatic carbocycles. The van der Waals surface area contributed by atoms with Gasteiger partial charge >= 0.3 is 0 Å². The lowest BCUT2D eigenvalue weighted by Gasteiger charge is -2.00. The Hall–Kier alpha value is -1.81. The molecule has 0 saturated carbocycles. The molecule has 0 N–H and O–H groups in total. The van der Waals surface area contributed by atoms with Crippen molar-refractivity contribution in [1.29, 1.82) is 0 Å². The fourth-order valence-corrected chi connectivity index (χ4v) is 2.41. The number of hydrogen-bond acceptors (Lipinski definition) is 4. The topological polar surface area (TPSA) is 38.9 Å². The van der Waals surface area contributed by atoms with Gasteiger partial charge in [0.05, 0.1) is 0 Å². The van der Waals surface area contributed by atoms with E-state index in [4.69, 9.17) is 4.63 Å². The average molecular weight is 228 g/mol. The third kappa shape index (κ3) is 1.67. The van der Waals surface area contributed by atoms with E-state index in [0.717, 1.165) is 15.9 Å². The van der Waals surface area contributed by atoms with Crippen LogP contribution in [0, 0.1) is 0 Å². The molecule has 0 unspecified atom stereocenters. The lowest BCUT2D eigenvalue weighted by Crippen LogP contribution is -1.76. The predicted octanol–water partition coefficient (Wildman–Crippen LogP) is 3.37. The van der Waals surface area contributed by atoms with Gasteiger partial charge in [-0.05, 0) is 34.6 Å². The smallest absolute Gasteiger partial charge is 0.149 e. The second-order valence-electron chi connectivity index (χ2n) is 3.30. The minimum Gasteiger partial charge on any atom is -0.243 e. The van der Waals surface area contributed by atoms with Gasteiger partial charge in [-0.3, -0.25) is 0 Å². The number of nitrogens with zero attached hydrogens (tertiary/aromatic N) is 2. The van der Waals surface area contributed by atoms with Gasteiger partial charge in [0.25, 0.3) is 0 Å². The molecule has 0 spiro atoms. The summed E-state index contributed by atoms with van der Waals surface area (Å²) in [6.07, 6.45) is 0. The van der Waals surface area contributed by atoms with E-state index in [-0.39, 0.29) is 0 Å². The zero-order valence-corrected chi connectivity index (χ0v) is 9.15. The highest BCUT2D eigenvalue weighted by atomic mass is 32.2. The van der Waals surface area contributed by atoms with Crippen LogP contribution in [0.1, 0.15) is 0 Å². The van der Waals surface area contributed by atoms with E-state index in [9.17, 15) is 0 Å². The van der Waals surface area contributed by atoms with Crippen LogP contribution in [0.5, 0.6) is 0 Å². The first-order chi connectivity index (χ1) is 7.93. The van der Waals surface area contributed by atoms with E-state index in [1.165, 1.54) is 4.90 Å². The fraction of sp³-hybridized carbons (Fsp3) is 0. The van der Waals surface area contributed by atoms with Gasteiger partial charge in [-0.25, -0.2) is 4.63 Å². The van der Waals surface area contributed by atoms with E-state index < -0.39 is 0 Å². The molecule has 78 valence electrons. The van der Waals surface area contributed by atoms with Crippen molar-refractivity contribution < 1.29 is 4.63 Å². The Morgan fingerprint density at radius 2 is 1.75 bits per heavy atom. The molecule has 0 aliphatic rings. The maximum absolute atomic E-state index is 4.73. The van der Waals surface area contributed by atoms with Gasteiger partial charge in [0.15, 0.2) is 0 Å². The van der Waals surface area contributed by atoms with Crippen molar-refractivity contribution in [2.75, 3.05) is 0 Å². The van der Waals surface area contributed by atoms with Crippen LogP contribution in [0.2, 0.25) is 0 Å². The molecule has 1 heterocycles. The monoisotopic (exact) mass is 228 g/mol.